The lowest BCUT2D eigenvalue weighted by molar-refractivity contribution is -0.0941. The molecule has 0 bridgehead atoms. The lowest BCUT2D eigenvalue weighted by Gasteiger charge is -2.37. The van der Waals surface area contributed by atoms with Gasteiger partial charge in [0.1, 0.15) is 35.0 Å². The highest BCUT2D eigenvalue weighted by Crippen LogP contribution is 2.42. The Kier molecular flexibility index (Phi) is 7.36. The Labute approximate surface area is 237 Å². The summed E-state index contributed by atoms with van der Waals surface area (Å²) in [5, 5.41) is 11.5. The molecule has 8 heteroatoms. The van der Waals surface area contributed by atoms with Crippen LogP contribution >= 0.6 is 0 Å². The van der Waals surface area contributed by atoms with Gasteiger partial charge in [0.25, 0.3) is 5.56 Å². The number of aliphatic hydroxyl groups is 1. The van der Waals surface area contributed by atoms with Crippen LogP contribution in [-0.4, -0.2) is 42.7 Å². The zero-order valence-electron chi connectivity index (χ0n) is 22.8. The van der Waals surface area contributed by atoms with E-state index in [9.17, 15) is 9.90 Å². The topological polar surface area (TPSA) is 92.3 Å². The summed E-state index contributed by atoms with van der Waals surface area (Å²) in [7, 11) is 3.26. The van der Waals surface area contributed by atoms with Crippen LogP contribution in [0.5, 0.6) is 11.5 Å². The Morgan fingerprint density at radius 2 is 1.46 bits per heavy atom. The lowest BCUT2D eigenvalue weighted by atomic mass is 9.80. The molecule has 1 saturated heterocycles. The van der Waals surface area contributed by atoms with Crippen molar-refractivity contribution in [3.8, 4) is 11.5 Å². The molecule has 1 fully saturated rings. The first-order chi connectivity index (χ1) is 20.0. The molecule has 3 atom stereocenters. The SMILES string of the molecule is COc1ccc(C(OC[C@H]2O[C@@H](n3ccc4occc4c3=O)C[C@@H]2O)(c2ccccc2)c2ccc(OC)cc2)cc1. The van der Waals surface area contributed by atoms with Gasteiger partial charge < -0.3 is 28.5 Å². The van der Waals surface area contributed by atoms with Crippen molar-refractivity contribution < 1.29 is 28.5 Å². The highest BCUT2D eigenvalue weighted by Gasteiger charge is 2.42. The van der Waals surface area contributed by atoms with Gasteiger partial charge in [-0.2, -0.15) is 0 Å². The van der Waals surface area contributed by atoms with Gasteiger partial charge in [0.05, 0.1) is 38.6 Å². The highest BCUT2D eigenvalue weighted by molar-refractivity contribution is 5.75. The molecule has 3 aromatic carbocycles. The molecule has 0 spiro atoms. The van der Waals surface area contributed by atoms with Gasteiger partial charge >= 0.3 is 0 Å². The number of benzene rings is 3. The first kappa shape index (κ1) is 26.8. The summed E-state index contributed by atoms with van der Waals surface area (Å²) < 4.78 is 30.8. The molecule has 8 nitrogen and oxygen atoms in total. The normalized spacial score (nSPS) is 19.0. The number of nitrogens with zero attached hydrogens (tertiary/aromatic N) is 1. The molecule has 0 unspecified atom stereocenters. The number of ether oxygens (including phenoxy) is 4. The third-order valence-electron chi connectivity index (χ3n) is 7.70. The maximum atomic E-state index is 13.1. The van der Waals surface area contributed by atoms with Gasteiger partial charge in [0, 0.05) is 12.6 Å². The van der Waals surface area contributed by atoms with Crippen LogP contribution < -0.4 is 15.0 Å². The van der Waals surface area contributed by atoms with Crippen LogP contribution in [0.3, 0.4) is 0 Å². The number of fused-ring (bicyclic) bond motifs is 1. The number of furan rings is 1. The minimum atomic E-state index is -1.05. The predicted molar refractivity (Wildman–Crippen MR) is 153 cm³/mol. The minimum absolute atomic E-state index is 0.0628. The second-order valence-electron chi connectivity index (χ2n) is 9.97. The molecule has 210 valence electrons. The summed E-state index contributed by atoms with van der Waals surface area (Å²) >= 11 is 0. The molecule has 0 aliphatic carbocycles. The van der Waals surface area contributed by atoms with Gasteiger partial charge in [-0.15, -0.1) is 0 Å². The average Bonchev–Trinajstić information content (AvgIpc) is 3.66. The molecule has 0 amide bonds. The van der Waals surface area contributed by atoms with Crippen molar-refractivity contribution in [3.63, 3.8) is 0 Å². The van der Waals surface area contributed by atoms with E-state index < -0.39 is 24.0 Å². The number of aromatic nitrogens is 1. The molecule has 1 aliphatic rings. The van der Waals surface area contributed by atoms with E-state index in [1.807, 2.05) is 78.9 Å². The molecular formula is C33H31NO7. The summed E-state index contributed by atoms with van der Waals surface area (Å²) in [5.41, 5.74) is 1.89. The van der Waals surface area contributed by atoms with E-state index in [1.165, 1.54) is 10.8 Å². The standard InChI is InChI=1S/C33H31NO7/c1-37-25-12-8-23(9-13-25)33(22-6-4-3-5-7-22,24-10-14-26(38-2)15-11-24)40-21-30-28(35)20-31(41-30)34-18-16-29-27(32(34)36)17-19-39-29/h3-19,28,30-31,35H,20-21H2,1-2H3/t28-,30+,31+/m0/s1. The van der Waals surface area contributed by atoms with E-state index in [0.29, 0.717) is 11.0 Å². The summed E-state index contributed by atoms with van der Waals surface area (Å²) in [6.45, 7) is 0.0628. The van der Waals surface area contributed by atoms with E-state index in [2.05, 4.69) is 0 Å². The Balaban J connectivity index is 1.37. The quantitative estimate of drug-likeness (QED) is 0.249. The van der Waals surface area contributed by atoms with Gasteiger partial charge in [-0.25, -0.2) is 0 Å². The van der Waals surface area contributed by atoms with Gasteiger partial charge in [-0.05, 0) is 53.1 Å². The van der Waals surface area contributed by atoms with Crippen molar-refractivity contribution in [1.29, 1.82) is 0 Å². The number of pyridine rings is 1. The fraction of sp³-hybridized carbons (Fsp3) is 0.242. The van der Waals surface area contributed by atoms with E-state index in [0.717, 1.165) is 28.2 Å². The molecule has 3 heterocycles. The molecule has 41 heavy (non-hydrogen) atoms. The maximum Gasteiger partial charge on any atom is 0.263 e. The molecule has 0 saturated carbocycles. The van der Waals surface area contributed by atoms with Crippen LogP contribution in [0.4, 0.5) is 0 Å². The summed E-state index contributed by atoms with van der Waals surface area (Å²) in [4.78, 5) is 13.1. The minimum Gasteiger partial charge on any atom is -0.497 e. The first-order valence-electron chi connectivity index (χ1n) is 13.4. The van der Waals surface area contributed by atoms with Crippen LogP contribution in [0.15, 0.2) is 113 Å². The van der Waals surface area contributed by atoms with Crippen LogP contribution in [0.1, 0.15) is 29.3 Å². The Hall–Kier alpha value is -4.37. The molecule has 1 N–H and O–H groups in total. The van der Waals surface area contributed by atoms with Crippen molar-refractivity contribution >= 4 is 11.0 Å². The van der Waals surface area contributed by atoms with Crippen LogP contribution in [0.2, 0.25) is 0 Å². The van der Waals surface area contributed by atoms with Gasteiger partial charge in [0.15, 0.2) is 0 Å². The highest BCUT2D eigenvalue weighted by atomic mass is 16.6. The number of methoxy groups -OCH3 is 2. The summed E-state index contributed by atoms with van der Waals surface area (Å²) in [6, 6.07) is 28.8. The second kappa shape index (κ2) is 11.2. The molecular weight excluding hydrogens is 522 g/mol. The molecule has 2 aromatic heterocycles. The number of aliphatic hydroxyl groups excluding tert-OH is 1. The van der Waals surface area contributed by atoms with Crippen molar-refractivity contribution in [2.75, 3.05) is 20.8 Å². The molecule has 6 rings (SSSR count). The van der Waals surface area contributed by atoms with Crippen LogP contribution in [0, 0.1) is 0 Å². The maximum absolute atomic E-state index is 13.1. The zero-order chi connectivity index (χ0) is 28.4. The fourth-order valence-electron chi connectivity index (χ4n) is 5.53. The van der Waals surface area contributed by atoms with Gasteiger partial charge in [-0.3, -0.25) is 9.36 Å². The second-order valence-corrected chi connectivity index (χ2v) is 9.97. The first-order valence-corrected chi connectivity index (χ1v) is 13.4. The van der Waals surface area contributed by atoms with Crippen molar-refractivity contribution in [2.45, 2.75) is 30.5 Å². The van der Waals surface area contributed by atoms with Crippen molar-refractivity contribution in [3.05, 3.63) is 130 Å². The Morgan fingerprint density at radius 1 is 0.854 bits per heavy atom. The lowest BCUT2D eigenvalue weighted by Crippen LogP contribution is -2.38. The smallest absolute Gasteiger partial charge is 0.263 e. The van der Waals surface area contributed by atoms with Crippen LogP contribution in [-0.2, 0) is 15.1 Å². The largest absolute Gasteiger partial charge is 0.497 e. The van der Waals surface area contributed by atoms with E-state index in [-0.39, 0.29) is 18.6 Å². The van der Waals surface area contributed by atoms with E-state index in [4.69, 9.17) is 23.4 Å². The molecule has 0 radical (unpaired) electrons. The number of hydrogen-bond donors (Lipinski definition) is 1. The van der Waals surface area contributed by atoms with Gasteiger partial charge in [-0.1, -0.05) is 54.6 Å². The van der Waals surface area contributed by atoms with Crippen LogP contribution in [0.25, 0.3) is 11.0 Å². The Morgan fingerprint density at radius 3 is 2.07 bits per heavy atom. The summed E-state index contributed by atoms with van der Waals surface area (Å²) in [6.07, 6.45) is 1.22. The van der Waals surface area contributed by atoms with E-state index in [1.54, 1.807) is 32.5 Å². The summed E-state index contributed by atoms with van der Waals surface area (Å²) in [5.74, 6) is 1.45. The molecule has 1 aliphatic heterocycles. The molecule has 5 aromatic rings. The monoisotopic (exact) mass is 553 g/mol. The fourth-order valence-corrected chi connectivity index (χ4v) is 5.53. The zero-order valence-corrected chi connectivity index (χ0v) is 22.8. The van der Waals surface area contributed by atoms with Crippen molar-refractivity contribution in [1.82, 2.24) is 4.57 Å². The van der Waals surface area contributed by atoms with Gasteiger partial charge in [0.2, 0.25) is 0 Å². The van der Waals surface area contributed by atoms with Crippen molar-refractivity contribution in [2.24, 2.45) is 0 Å². The number of hydrogen-bond acceptors (Lipinski definition) is 7. The number of rotatable bonds is 9. The third kappa shape index (κ3) is 4.91. The predicted octanol–water partition coefficient (Wildman–Crippen LogP) is 5.27. The third-order valence-corrected chi connectivity index (χ3v) is 7.70. The average molecular weight is 554 g/mol. The Bertz CT molecular complexity index is 1610. The van der Waals surface area contributed by atoms with E-state index >= 15 is 0 Å².